The number of aliphatic hydroxyl groups is 1. The molecule has 0 aliphatic carbocycles. The molecule has 0 aliphatic heterocycles. The van der Waals surface area contributed by atoms with Gasteiger partial charge < -0.3 is 15.2 Å². The first-order chi connectivity index (χ1) is 14.1. The van der Waals surface area contributed by atoms with Crippen molar-refractivity contribution < 1.29 is 24.6 Å². The van der Waals surface area contributed by atoms with Gasteiger partial charge in [-0.3, -0.25) is 14.7 Å². The third-order valence-corrected chi connectivity index (χ3v) is 4.89. The van der Waals surface area contributed by atoms with E-state index in [0.29, 0.717) is 30.1 Å². The number of aryl methyl sites for hydroxylation is 1. The molecule has 1 amide bonds. The zero-order chi connectivity index (χ0) is 22.1. The molecule has 0 radical (unpaired) electrons. The fourth-order valence-corrected chi connectivity index (χ4v) is 3.19. The van der Waals surface area contributed by atoms with Crippen molar-refractivity contribution in [3.8, 4) is 5.75 Å². The molecule has 0 fully saturated rings. The Balaban J connectivity index is 1.90. The second-order valence-electron chi connectivity index (χ2n) is 8.32. The summed E-state index contributed by atoms with van der Waals surface area (Å²) in [5.74, 6) is 0.0727. The van der Waals surface area contributed by atoms with Crippen LogP contribution in [0.15, 0.2) is 36.5 Å². The average molecular weight is 413 g/mol. The summed E-state index contributed by atoms with van der Waals surface area (Å²) in [5, 5.41) is 28.5. The van der Waals surface area contributed by atoms with Gasteiger partial charge in [0, 0.05) is 47.0 Å². The molecule has 0 spiro atoms. The summed E-state index contributed by atoms with van der Waals surface area (Å²) in [7, 11) is 1.52. The maximum atomic E-state index is 12.8. The Morgan fingerprint density at radius 3 is 2.70 bits per heavy atom. The first-order valence-corrected chi connectivity index (χ1v) is 9.92. The Bertz CT molecular complexity index is 1070. The molecule has 3 aromatic rings. The van der Waals surface area contributed by atoms with Crippen LogP contribution in [0.3, 0.4) is 0 Å². The van der Waals surface area contributed by atoms with Gasteiger partial charge in [-0.25, -0.2) is 0 Å². The number of aromatic nitrogens is 3. The van der Waals surface area contributed by atoms with Crippen LogP contribution in [0.25, 0.3) is 10.9 Å². The van der Waals surface area contributed by atoms with Crippen molar-refractivity contribution in [2.24, 2.45) is 0 Å². The highest BCUT2D eigenvalue weighted by atomic mass is 16.5. The summed E-state index contributed by atoms with van der Waals surface area (Å²) in [6, 6.07) is 8.61. The third kappa shape index (κ3) is 4.71. The van der Waals surface area contributed by atoms with Gasteiger partial charge in [0.1, 0.15) is 5.75 Å². The molecular weight excluding hydrogens is 384 g/mol. The highest BCUT2D eigenvalue weighted by Gasteiger charge is 2.26. The molecule has 2 aromatic heterocycles. The average Bonchev–Trinajstić information content (AvgIpc) is 3.06. The molecule has 0 bridgehead atoms. The number of carbonyl (C=O) groups is 1. The molecule has 2 heterocycles. The van der Waals surface area contributed by atoms with Crippen LogP contribution in [0.2, 0.25) is 0 Å². The second-order valence-corrected chi connectivity index (χ2v) is 8.32. The number of carbonyl (C=O) groups excluding carboxylic acids is 1. The Morgan fingerprint density at radius 1 is 1.33 bits per heavy atom. The van der Waals surface area contributed by atoms with Crippen LogP contribution in [-0.2, 0) is 6.54 Å². The van der Waals surface area contributed by atoms with Gasteiger partial charge in [-0.1, -0.05) is 13.8 Å². The minimum Gasteiger partial charge on any atom is -0.494 e. The molecule has 30 heavy (non-hydrogen) atoms. The van der Waals surface area contributed by atoms with Gasteiger partial charge in [0.15, 0.2) is 0 Å². The van der Waals surface area contributed by atoms with Gasteiger partial charge in [0.2, 0.25) is 5.69 Å². The number of pyridine rings is 1. The lowest BCUT2D eigenvalue weighted by Gasteiger charge is -2.16. The monoisotopic (exact) mass is 413 g/mol. The number of rotatable bonds is 7. The molecule has 160 valence electrons. The maximum absolute atomic E-state index is 12.8. The van der Waals surface area contributed by atoms with Crippen molar-refractivity contribution in [3.63, 3.8) is 0 Å². The number of hydrogen-bond acceptors (Lipinski definition) is 5. The molecule has 0 aliphatic rings. The number of nitrogens with one attached hydrogen (secondary N) is 1. The van der Waals surface area contributed by atoms with Crippen molar-refractivity contribution in [2.75, 3.05) is 12.4 Å². The zero-order valence-corrected chi connectivity index (χ0v) is 18.0. The minimum atomic E-state index is -0.779. The van der Waals surface area contributed by atoms with Gasteiger partial charge in [-0.05, 0) is 32.4 Å². The highest BCUT2D eigenvalue weighted by molar-refractivity contribution is 6.04. The van der Waals surface area contributed by atoms with E-state index in [4.69, 9.17) is 4.74 Å². The Hall–Kier alpha value is -3.13. The van der Waals surface area contributed by atoms with Gasteiger partial charge in [0.05, 0.1) is 23.9 Å². The number of fused-ring (bicyclic) bond motifs is 1. The van der Waals surface area contributed by atoms with Crippen LogP contribution in [0.4, 0.5) is 5.69 Å². The van der Waals surface area contributed by atoms with E-state index in [1.807, 2.05) is 20.0 Å². The number of benzene rings is 1. The van der Waals surface area contributed by atoms with Crippen molar-refractivity contribution >= 4 is 22.5 Å². The predicted octanol–water partition coefficient (Wildman–Crippen LogP) is 3.11. The largest absolute Gasteiger partial charge is 0.494 e. The van der Waals surface area contributed by atoms with Crippen LogP contribution in [0.5, 0.6) is 5.75 Å². The Kier molecular flexibility index (Phi) is 5.98. The summed E-state index contributed by atoms with van der Waals surface area (Å²) < 4.78 is 8.11. The van der Waals surface area contributed by atoms with Crippen LogP contribution in [0.1, 0.15) is 56.2 Å². The van der Waals surface area contributed by atoms with Crippen LogP contribution < -0.4 is 14.8 Å². The quantitative estimate of drug-likeness (QED) is 0.408. The summed E-state index contributed by atoms with van der Waals surface area (Å²) in [6.07, 6.45) is 2.42. The van der Waals surface area contributed by atoms with E-state index in [9.17, 15) is 15.1 Å². The van der Waals surface area contributed by atoms with Crippen LogP contribution >= 0.6 is 0 Å². The molecule has 0 saturated heterocycles. The molecule has 8 heteroatoms. The molecule has 3 N–H and O–H groups in total. The van der Waals surface area contributed by atoms with E-state index in [1.165, 1.54) is 7.11 Å². The SMILES string of the molecule is COc1cc2nn(CCC(C)(C)O)cc2cc1NC(=O)c1cccc(C(C)C)[n+]1O. The highest BCUT2D eigenvalue weighted by Crippen LogP contribution is 2.30. The Labute approximate surface area is 175 Å². The lowest BCUT2D eigenvalue weighted by molar-refractivity contribution is -0.911. The second kappa shape index (κ2) is 8.31. The lowest BCUT2D eigenvalue weighted by Crippen LogP contribution is -2.43. The van der Waals surface area contributed by atoms with E-state index < -0.39 is 11.5 Å². The number of hydrogen-bond donors (Lipinski definition) is 3. The topological polar surface area (TPSA) is 100 Å². The summed E-state index contributed by atoms with van der Waals surface area (Å²) in [6.45, 7) is 7.96. The van der Waals surface area contributed by atoms with Gasteiger partial charge in [0.25, 0.3) is 0 Å². The van der Waals surface area contributed by atoms with E-state index in [1.54, 1.807) is 48.9 Å². The van der Waals surface area contributed by atoms with E-state index in [0.717, 1.165) is 15.6 Å². The molecular formula is C22H29N4O4+. The predicted molar refractivity (Wildman–Crippen MR) is 113 cm³/mol. The molecule has 8 nitrogen and oxygen atoms in total. The Morgan fingerprint density at radius 2 is 2.07 bits per heavy atom. The normalized spacial score (nSPS) is 11.8. The van der Waals surface area contributed by atoms with E-state index in [-0.39, 0.29) is 11.6 Å². The molecule has 0 saturated carbocycles. The molecule has 0 unspecified atom stereocenters. The smallest absolute Gasteiger partial charge is 0.325 e. The molecule has 0 atom stereocenters. The van der Waals surface area contributed by atoms with Crippen molar-refractivity contribution in [2.45, 2.75) is 52.2 Å². The van der Waals surface area contributed by atoms with Gasteiger partial charge in [-0.15, -0.1) is 0 Å². The van der Waals surface area contributed by atoms with Crippen LogP contribution in [-0.4, -0.2) is 38.7 Å². The van der Waals surface area contributed by atoms with Crippen molar-refractivity contribution in [3.05, 3.63) is 47.9 Å². The maximum Gasteiger partial charge on any atom is 0.325 e. The van der Waals surface area contributed by atoms with Crippen molar-refractivity contribution in [1.29, 1.82) is 0 Å². The fraction of sp³-hybridized carbons (Fsp3) is 0.409. The fourth-order valence-electron chi connectivity index (χ4n) is 3.19. The van der Waals surface area contributed by atoms with E-state index >= 15 is 0 Å². The third-order valence-electron chi connectivity index (χ3n) is 4.89. The van der Waals surface area contributed by atoms with Crippen LogP contribution in [0, 0.1) is 0 Å². The lowest BCUT2D eigenvalue weighted by atomic mass is 10.1. The number of nitrogens with zero attached hydrogens (tertiary/aromatic N) is 3. The molecule has 1 aromatic carbocycles. The minimum absolute atomic E-state index is 0.0587. The zero-order valence-electron chi connectivity index (χ0n) is 18.0. The number of methoxy groups -OCH3 is 1. The summed E-state index contributed by atoms with van der Waals surface area (Å²) in [4.78, 5) is 12.8. The summed E-state index contributed by atoms with van der Waals surface area (Å²) in [5.41, 5.74) is 1.19. The first-order valence-electron chi connectivity index (χ1n) is 9.92. The standard InChI is InChI=1S/C22H28N4O4/c1-14(2)18-7-6-8-19(26(18)29)21(27)23-17-11-15-13-25(10-9-22(3,4)28)24-16(15)12-20(17)30-5/h6-8,11-14,28H,9-10H2,1-5H3,(H-,23,27,29)/p+1. The van der Waals surface area contributed by atoms with Crippen molar-refractivity contribution in [1.82, 2.24) is 9.78 Å². The van der Waals surface area contributed by atoms with E-state index in [2.05, 4.69) is 10.4 Å². The number of anilines is 1. The van der Waals surface area contributed by atoms with Gasteiger partial charge >= 0.3 is 11.6 Å². The number of amides is 1. The first kappa shape index (κ1) is 21.6. The number of ether oxygens (including phenoxy) is 1. The molecule has 3 rings (SSSR count). The van der Waals surface area contributed by atoms with Gasteiger partial charge in [-0.2, -0.15) is 5.10 Å². The summed E-state index contributed by atoms with van der Waals surface area (Å²) >= 11 is 0.